The molecule has 0 atom stereocenters. The second-order valence-electron chi connectivity index (χ2n) is 2.34. The highest BCUT2D eigenvalue weighted by Crippen LogP contribution is 2.12. The van der Waals surface area contributed by atoms with Crippen molar-refractivity contribution in [2.24, 2.45) is 0 Å². The average molecular weight is 132 g/mol. The minimum Gasteiger partial charge on any atom is -0.430 e. The molecule has 1 heterocycles. The summed E-state index contributed by atoms with van der Waals surface area (Å²) >= 11 is 0. The number of nitrogens with two attached hydrogens (primary N) is 1. The number of fused-ring (bicyclic) bond motifs is 1. The lowest BCUT2D eigenvalue weighted by Gasteiger charge is -1.99. The number of benzene rings is 1. The van der Waals surface area contributed by atoms with Crippen molar-refractivity contribution in [3.63, 3.8) is 0 Å². The third kappa shape index (κ3) is 0.710. The molecule has 0 amide bonds. The van der Waals surface area contributed by atoms with Crippen LogP contribution in [0.25, 0.3) is 0 Å². The van der Waals surface area contributed by atoms with Crippen LogP contribution in [0.3, 0.4) is 0 Å². The highest BCUT2D eigenvalue weighted by Gasteiger charge is 2.14. The number of nitrogen functional groups attached to an aromatic ring is 1. The predicted octanol–water partition coefficient (Wildman–Crippen LogP) is 0.0435. The SMILES string of the molecule is Nc1cccc2c1CO[B]2. The van der Waals surface area contributed by atoms with Gasteiger partial charge in [-0.25, -0.2) is 0 Å². The fourth-order valence-corrected chi connectivity index (χ4v) is 1.12. The Bertz CT molecular complexity index is 262. The van der Waals surface area contributed by atoms with E-state index >= 15 is 0 Å². The van der Waals surface area contributed by atoms with Gasteiger partial charge >= 0.3 is 7.48 Å². The molecule has 1 aromatic rings. The van der Waals surface area contributed by atoms with Gasteiger partial charge < -0.3 is 10.4 Å². The summed E-state index contributed by atoms with van der Waals surface area (Å²) < 4.78 is 5.09. The monoisotopic (exact) mass is 132 g/mol. The summed E-state index contributed by atoms with van der Waals surface area (Å²) in [6.45, 7) is 0.627. The van der Waals surface area contributed by atoms with Gasteiger partial charge in [0.25, 0.3) is 0 Å². The highest BCUT2D eigenvalue weighted by atomic mass is 16.4. The summed E-state index contributed by atoms with van der Waals surface area (Å²) in [5.74, 6) is 0. The standard InChI is InChI=1S/C7H7BNO/c9-7-3-1-2-6-5(7)4-10-8-6/h1-3H,4,9H2. The van der Waals surface area contributed by atoms with E-state index in [0.717, 1.165) is 16.7 Å². The molecular formula is C7H7BNO. The number of rotatable bonds is 0. The molecule has 0 saturated carbocycles. The Morgan fingerprint density at radius 1 is 1.50 bits per heavy atom. The van der Waals surface area contributed by atoms with Gasteiger partial charge in [0.2, 0.25) is 0 Å². The summed E-state index contributed by atoms with van der Waals surface area (Å²) in [6.07, 6.45) is 0. The molecule has 0 bridgehead atoms. The van der Waals surface area contributed by atoms with Crippen LogP contribution in [0.4, 0.5) is 5.69 Å². The Morgan fingerprint density at radius 2 is 2.40 bits per heavy atom. The van der Waals surface area contributed by atoms with E-state index in [2.05, 4.69) is 0 Å². The van der Waals surface area contributed by atoms with E-state index in [1.54, 1.807) is 7.48 Å². The van der Waals surface area contributed by atoms with Crippen molar-refractivity contribution in [1.29, 1.82) is 0 Å². The van der Waals surface area contributed by atoms with E-state index in [0.29, 0.717) is 6.61 Å². The van der Waals surface area contributed by atoms with Crippen molar-refractivity contribution in [2.75, 3.05) is 5.73 Å². The lowest BCUT2D eigenvalue weighted by Crippen LogP contribution is -2.11. The zero-order chi connectivity index (χ0) is 6.97. The third-order valence-electron chi connectivity index (χ3n) is 1.69. The van der Waals surface area contributed by atoms with Crippen LogP contribution < -0.4 is 11.2 Å². The number of hydrogen-bond acceptors (Lipinski definition) is 2. The summed E-state index contributed by atoms with van der Waals surface area (Å²) in [7, 11) is 1.74. The molecule has 1 aromatic carbocycles. The quantitative estimate of drug-likeness (QED) is 0.399. The maximum Gasteiger partial charge on any atom is 0.330 e. The van der Waals surface area contributed by atoms with Gasteiger partial charge in [-0.05, 0) is 17.1 Å². The molecule has 0 fully saturated rings. The predicted molar refractivity (Wildman–Crippen MR) is 41.0 cm³/mol. The van der Waals surface area contributed by atoms with Crippen LogP contribution in [0, 0.1) is 0 Å². The average Bonchev–Trinajstić information content (AvgIpc) is 2.36. The third-order valence-corrected chi connectivity index (χ3v) is 1.69. The lowest BCUT2D eigenvalue weighted by atomic mass is 9.87. The van der Waals surface area contributed by atoms with E-state index < -0.39 is 0 Å². The van der Waals surface area contributed by atoms with Gasteiger partial charge in [-0.3, -0.25) is 0 Å². The zero-order valence-electron chi connectivity index (χ0n) is 5.50. The molecule has 0 spiro atoms. The molecule has 2 N–H and O–H groups in total. The zero-order valence-corrected chi connectivity index (χ0v) is 5.50. The Balaban J connectivity index is 2.59. The van der Waals surface area contributed by atoms with Crippen molar-refractivity contribution in [2.45, 2.75) is 6.61 Å². The van der Waals surface area contributed by atoms with E-state index in [1.165, 1.54) is 0 Å². The van der Waals surface area contributed by atoms with Gasteiger partial charge in [-0.1, -0.05) is 12.1 Å². The Morgan fingerprint density at radius 3 is 3.20 bits per heavy atom. The topological polar surface area (TPSA) is 35.2 Å². The Hall–Kier alpha value is -0.955. The Labute approximate surface area is 60.3 Å². The van der Waals surface area contributed by atoms with Crippen LogP contribution in [0.15, 0.2) is 18.2 Å². The minimum atomic E-state index is 0.627. The molecular weight excluding hydrogens is 125 g/mol. The molecule has 49 valence electrons. The van der Waals surface area contributed by atoms with Crippen LogP contribution in [0.1, 0.15) is 5.56 Å². The first-order valence-electron chi connectivity index (χ1n) is 3.20. The van der Waals surface area contributed by atoms with Crippen molar-refractivity contribution in [1.82, 2.24) is 0 Å². The molecule has 0 aliphatic carbocycles. The van der Waals surface area contributed by atoms with E-state index in [1.807, 2.05) is 18.2 Å². The van der Waals surface area contributed by atoms with Gasteiger partial charge in [-0.15, -0.1) is 0 Å². The first-order valence-corrected chi connectivity index (χ1v) is 3.20. The lowest BCUT2D eigenvalue weighted by molar-refractivity contribution is 0.346. The van der Waals surface area contributed by atoms with Gasteiger partial charge in [0.05, 0.1) is 6.61 Å². The molecule has 10 heavy (non-hydrogen) atoms. The highest BCUT2D eigenvalue weighted by molar-refractivity contribution is 6.49. The first kappa shape index (κ1) is 5.80. The van der Waals surface area contributed by atoms with E-state index in [-0.39, 0.29) is 0 Å². The number of anilines is 1. The van der Waals surface area contributed by atoms with Crippen LogP contribution in [-0.4, -0.2) is 7.48 Å². The molecule has 0 saturated heterocycles. The van der Waals surface area contributed by atoms with Gasteiger partial charge in [0.1, 0.15) is 0 Å². The second kappa shape index (κ2) is 2.02. The fourth-order valence-electron chi connectivity index (χ4n) is 1.12. The summed E-state index contributed by atoms with van der Waals surface area (Å²) in [5.41, 5.74) is 8.72. The summed E-state index contributed by atoms with van der Waals surface area (Å²) in [4.78, 5) is 0. The molecule has 1 aliphatic heterocycles. The fraction of sp³-hybridized carbons (Fsp3) is 0.143. The van der Waals surface area contributed by atoms with Crippen LogP contribution in [0.2, 0.25) is 0 Å². The van der Waals surface area contributed by atoms with Crippen molar-refractivity contribution in [3.8, 4) is 0 Å². The molecule has 2 rings (SSSR count). The maximum atomic E-state index is 5.67. The molecule has 3 heteroatoms. The molecule has 1 aliphatic rings. The van der Waals surface area contributed by atoms with Crippen molar-refractivity contribution >= 4 is 18.6 Å². The Kier molecular flexibility index (Phi) is 1.17. The summed E-state index contributed by atoms with van der Waals surface area (Å²) in [5, 5.41) is 0. The first-order chi connectivity index (χ1) is 4.88. The van der Waals surface area contributed by atoms with Crippen LogP contribution >= 0.6 is 0 Å². The minimum absolute atomic E-state index is 0.627. The van der Waals surface area contributed by atoms with Crippen LogP contribution in [-0.2, 0) is 11.3 Å². The molecule has 1 radical (unpaired) electrons. The largest absolute Gasteiger partial charge is 0.430 e. The number of hydrogen-bond donors (Lipinski definition) is 1. The van der Waals surface area contributed by atoms with E-state index in [9.17, 15) is 0 Å². The van der Waals surface area contributed by atoms with E-state index in [4.69, 9.17) is 10.4 Å². The maximum absolute atomic E-state index is 5.67. The van der Waals surface area contributed by atoms with Gasteiger partial charge in [0, 0.05) is 5.69 Å². The molecule has 0 unspecified atom stereocenters. The van der Waals surface area contributed by atoms with Crippen molar-refractivity contribution < 1.29 is 4.65 Å². The van der Waals surface area contributed by atoms with Gasteiger partial charge in [0.15, 0.2) is 0 Å². The normalized spacial score (nSPS) is 14.4. The van der Waals surface area contributed by atoms with Gasteiger partial charge in [-0.2, -0.15) is 0 Å². The van der Waals surface area contributed by atoms with Crippen molar-refractivity contribution in [3.05, 3.63) is 23.8 Å². The van der Waals surface area contributed by atoms with Crippen LogP contribution in [0.5, 0.6) is 0 Å². The molecule has 2 nitrogen and oxygen atoms in total. The smallest absolute Gasteiger partial charge is 0.330 e. The summed E-state index contributed by atoms with van der Waals surface area (Å²) in [6, 6.07) is 5.82. The second-order valence-corrected chi connectivity index (χ2v) is 2.34. The molecule has 0 aromatic heterocycles.